The van der Waals surface area contributed by atoms with Gasteiger partial charge in [-0.1, -0.05) is 11.2 Å². The highest BCUT2D eigenvalue weighted by molar-refractivity contribution is 5.93. The lowest BCUT2D eigenvalue weighted by atomic mass is 9.96. The molecule has 1 aliphatic carbocycles. The molecule has 0 aromatic carbocycles. The second-order valence-electron chi connectivity index (χ2n) is 6.85. The van der Waals surface area contributed by atoms with Crippen LogP contribution in [0.3, 0.4) is 0 Å². The number of hydrogen-bond donors (Lipinski definition) is 3. The summed E-state index contributed by atoms with van der Waals surface area (Å²) >= 11 is 0. The molecule has 4 rings (SSSR count). The zero-order valence-corrected chi connectivity index (χ0v) is 16.2. The maximum Gasteiger partial charge on any atom is 0.273 e. The topological polar surface area (TPSA) is 118 Å². The van der Waals surface area contributed by atoms with Gasteiger partial charge in [0.1, 0.15) is 29.0 Å². The van der Waals surface area contributed by atoms with Crippen LogP contribution in [0.5, 0.6) is 0 Å². The third kappa shape index (κ3) is 4.68. The number of carbonyl (C=O) groups excluding carboxylic acids is 1. The molecule has 29 heavy (non-hydrogen) atoms. The quantitative estimate of drug-likeness (QED) is 0.524. The first-order valence-corrected chi connectivity index (χ1v) is 9.72. The molecule has 0 unspecified atom stereocenters. The first-order valence-electron chi connectivity index (χ1n) is 9.72. The summed E-state index contributed by atoms with van der Waals surface area (Å²) in [4.78, 5) is 25.4. The van der Waals surface area contributed by atoms with Gasteiger partial charge < -0.3 is 20.5 Å². The number of rotatable bonds is 7. The molecule has 3 aromatic heterocycles. The summed E-state index contributed by atoms with van der Waals surface area (Å²) in [7, 11) is 0. The van der Waals surface area contributed by atoms with Crippen LogP contribution >= 0.6 is 0 Å². The maximum absolute atomic E-state index is 12.4. The van der Waals surface area contributed by atoms with E-state index in [2.05, 4.69) is 36.1 Å². The molecule has 0 fully saturated rings. The van der Waals surface area contributed by atoms with Crippen molar-refractivity contribution < 1.29 is 9.32 Å². The lowest BCUT2D eigenvalue weighted by Gasteiger charge is -2.11. The van der Waals surface area contributed by atoms with Crippen molar-refractivity contribution in [2.75, 3.05) is 23.7 Å². The number of nitrogens with one attached hydrogen (secondary N) is 3. The van der Waals surface area contributed by atoms with Crippen LogP contribution in [0.2, 0.25) is 0 Å². The van der Waals surface area contributed by atoms with E-state index in [0.29, 0.717) is 42.1 Å². The van der Waals surface area contributed by atoms with Crippen LogP contribution in [0.1, 0.15) is 40.5 Å². The summed E-state index contributed by atoms with van der Waals surface area (Å²) in [5.41, 5.74) is 1.37. The predicted molar refractivity (Wildman–Crippen MR) is 108 cm³/mol. The number of amides is 1. The fraction of sp³-hybridized carbons (Fsp3) is 0.350. The zero-order valence-electron chi connectivity index (χ0n) is 16.2. The molecule has 0 aliphatic heterocycles. The zero-order chi connectivity index (χ0) is 20.1. The number of pyridine rings is 1. The molecule has 1 aliphatic rings. The summed E-state index contributed by atoms with van der Waals surface area (Å²) in [5.74, 6) is 3.31. The Labute approximate surface area is 168 Å². The van der Waals surface area contributed by atoms with Gasteiger partial charge in [0.2, 0.25) is 0 Å². The lowest BCUT2D eigenvalue weighted by Crippen LogP contribution is -2.30. The van der Waals surface area contributed by atoms with E-state index < -0.39 is 0 Å². The van der Waals surface area contributed by atoms with E-state index in [4.69, 9.17) is 4.52 Å². The van der Waals surface area contributed by atoms with Gasteiger partial charge in [0, 0.05) is 37.3 Å². The van der Waals surface area contributed by atoms with Gasteiger partial charge in [-0.2, -0.15) is 0 Å². The van der Waals surface area contributed by atoms with E-state index in [1.807, 2.05) is 25.1 Å². The van der Waals surface area contributed by atoms with Crippen LogP contribution in [0.15, 0.2) is 35.0 Å². The van der Waals surface area contributed by atoms with Crippen LogP contribution < -0.4 is 16.0 Å². The van der Waals surface area contributed by atoms with Crippen LogP contribution in [-0.4, -0.2) is 39.1 Å². The molecular weight excluding hydrogens is 370 g/mol. The van der Waals surface area contributed by atoms with Crippen molar-refractivity contribution in [2.45, 2.75) is 32.6 Å². The fourth-order valence-electron chi connectivity index (χ4n) is 3.30. The number of carbonyl (C=O) groups is 1. The van der Waals surface area contributed by atoms with Gasteiger partial charge in [-0.25, -0.2) is 15.0 Å². The smallest absolute Gasteiger partial charge is 0.273 e. The molecule has 0 bridgehead atoms. The predicted octanol–water partition coefficient (Wildman–Crippen LogP) is 2.63. The molecule has 3 aromatic rings. The Balaban J connectivity index is 1.30. The third-order valence-electron chi connectivity index (χ3n) is 4.64. The normalized spacial score (nSPS) is 12.9. The largest absolute Gasteiger partial charge is 0.368 e. The van der Waals surface area contributed by atoms with Gasteiger partial charge in [0.05, 0.1) is 0 Å². The van der Waals surface area contributed by atoms with Gasteiger partial charge in [0.15, 0.2) is 5.69 Å². The van der Waals surface area contributed by atoms with Gasteiger partial charge in [0.25, 0.3) is 5.91 Å². The Morgan fingerprint density at radius 1 is 1.10 bits per heavy atom. The number of nitrogens with zero attached hydrogens (tertiary/aromatic N) is 4. The Bertz CT molecular complexity index is 988. The van der Waals surface area contributed by atoms with Gasteiger partial charge in [-0.15, -0.1) is 0 Å². The number of aryl methyl sites for hydroxylation is 2. The van der Waals surface area contributed by atoms with Gasteiger partial charge in [-0.3, -0.25) is 4.79 Å². The van der Waals surface area contributed by atoms with E-state index in [-0.39, 0.29) is 5.91 Å². The molecule has 9 nitrogen and oxygen atoms in total. The van der Waals surface area contributed by atoms with Crippen LogP contribution in [0.25, 0.3) is 0 Å². The van der Waals surface area contributed by atoms with E-state index >= 15 is 0 Å². The summed E-state index contributed by atoms with van der Waals surface area (Å²) < 4.78 is 5.30. The molecule has 0 atom stereocenters. The first kappa shape index (κ1) is 18.9. The minimum Gasteiger partial charge on any atom is -0.368 e. The molecule has 0 saturated carbocycles. The van der Waals surface area contributed by atoms with E-state index in [0.717, 1.165) is 37.0 Å². The highest BCUT2D eigenvalue weighted by atomic mass is 16.5. The average molecular weight is 393 g/mol. The highest BCUT2D eigenvalue weighted by Gasteiger charge is 2.23. The second kappa shape index (κ2) is 8.68. The van der Waals surface area contributed by atoms with E-state index in [9.17, 15) is 4.79 Å². The average Bonchev–Trinajstić information content (AvgIpc) is 3.16. The third-order valence-corrected chi connectivity index (χ3v) is 4.64. The van der Waals surface area contributed by atoms with Crippen LogP contribution in [-0.2, 0) is 12.8 Å². The maximum atomic E-state index is 12.4. The molecular formula is C20H23N7O2. The Kier molecular flexibility index (Phi) is 5.64. The summed E-state index contributed by atoms with van der Waals surface area (Å²) in [6, 6.07) is 7.42. The Hall–Kier alpha value is -3.49. The lowest BCUT2D eigenvalue weighted by molar-refractivity contribution is 0.0945. The molecule has 0 saturated heterocycles. The van der Waals surface area contributed by atoms with Gasteiger partial charge >= 0.3 is 0 Å². The SMILES string of the molecule is Cc1nc(NCCNC(=O)c2noc3c2CCCC3)cc(Nc2ccccn2)n1. The molecule has 1 amide bonds. The molecule has 0 spiro atoms. The standard InChI is InChI=1S/C20H23N7O2/c1-13-24-17(12-18(25-13)26-16-8-4-5-9-21-16)22-10-11-23-20(28)19-14-6-2-3-7-15(14)29-27-19/h4-5,8-9,12H,2-3,6-7,10-11H2,1H3,(H,23,28)(H2,21,22,24,25,26). The minimum atomic E-state index is -0.199. The number of anilines is 3. The highest BCUT2D eigenvalue weighted by Crippen LogP contribution is 2.24. The number of aromatic nitrogens is 4. The van der Waals surface area contributed by atoms with E-state index in [1.165, 1.54) is 0 Å². The number of fused-ring (bicyclic) bond motifs is 1. The van der Waals surface area contributed by atoms with E-state index in [1.54, 1.807) is 12.3 Å². The molecule has 3 N–H and O–H groups in total. The fourth-order valence-corrected chi connectivity index (χ4v) is 3.30. The van der Waals surface area contributed by atoms with Crippen molar-refractivity contribution in [3.63, 3.8) is 0 Å². The molecule has 0 radical (unpaired) electrons. The molecule has 3 heterocycles. The monoisotopic (exact) mass is 393 g/mol. The molecule has 9 heteroatoms. The Morgan fingerprint density at radius 2 is 1.97 bits per heavy atom. The van der Waals surface area contributed by atoms with Crippen molar-refractivity contribution in [3.05, 3.63) is 53.3 Å². The minimum absolute atomic E-state index is 0.199. The van der Waals surface area contributed by atoms with Crippen molar-refractivity contribution in [3.8, 4) is 0 Å². The first-order chi connectivity index (χ1) is 14.2. The van der Waals surface area contributed by atoms with Crippen molar-refractivity contribution in [1.29, 1.82) is 0 Å². The van der Waals surface area contributed by atoms with Gasteiger partial charge in [-0.05, 0) is 38.3 Å². The summed E-state index contributed by atoms with van der Waals surface area (Å²) in [6.45, 7) is 2.78. The van der Waals surface area contributed by atoms with Crippen LogP contribution in [0, 0.1) is 6.92 Å². The van der Waals surface area contributed by atoms with Crippen molar-refractivity contribution in [2.24, 2.45) is 0 Å². The van der Waals surface area contributed by atoms with Crippen molar-refractivity contribution >= 4 is 23.4 Å². The summed E-state index contributed by atoms with van der Waals surface area (Å²) in [6.07, 6.45) is 5.58. The Morgan fingerprint density at radius 3 is 2.83 bits per heavy atom. The second-order valence-corrected chi connectivity index (χ2v) is 6.85. The summed E-state index contributed by atoms with van der Waals surface area (Å²) in [5, 5.41) is 13.2. The van der Waals surface area contributed by atoms with Crippen LogP contribution in [0.4, 0.5) is 17.5 Å². The van der Waals surface area contributed by atoms with Crippen molar-refractivity contribution in [1.82, 2.24) is 25.4 Å². The molecule has 150 valence electrons. The number of hydrogen-bond acceptors (Lipinski definition) is 8.